The van der Waals surface area contributed by atoms with Crippen molar-refractivity contribution in [3.8, 4) is 0 Å². The molecule has 112 valence electrons. The SMILES string of the molecule is Cc1ccccc1N(C)S(=O)(=O)c1cnn(CC(=O)O)c1. The van der Waals surface area contributed by atoms with Crippen LogP contribution in [-0.2, 0) is 21.4 Å². The monoisotopic (exact) mass is 309 g/mol. The zero-order valence-electron chi connectivity index (χ0n) is 11.6. The zero-order valence-corrected chi connectivity index (χ0v) is 12.4. The summed E-state index contributed by atoms with van der Waals surface area (Å²) in [5.74, 6) is -1.09. The number of para-hydroxylation sites is 1. The molecule has 0 amide bonds. The van der Waals surface area contributed by atoms with Gasteiger partial charge in [-0.2, -0.15) is 5.10 Å². The number of aromatic nitrogens is 2. The van der Waals surface area contributed by atoms with Gasteiger partial charge in [-0.25, -0.2) is 8.42 Å². The Hall–Kier alpha value is -2.35. The summed E-state index contributed by atoms with van der Waals surface area (Å²) in [7, 11) is -2.32. The van der Waals surface area contributed by atoms with E-state index in [1.165, 1.54) is 13.2 Å². The number of aliphatic carboxylic acids is 1. The van der Waals surface area contributed by atoms with E-state index in [1.54, 1.807) is 12.1 Å². The average Bonchev–Trinajstić information content (AvgIpc) is 2.87. The molecular formula is C13H15N3O4S. The molecular weight excluding hydrogens is 294 g/mol. The summed E-state index contributed by atoms with van der Waals surface area (Å²) in [4.78, 5) is 10.6. The van der Waals surface area contributed by atoms with E-state index in [4.69, 9.17) is 5.11 Å². The quantitative estimate of drug-likeness (QED) is 0.893. The van der Waals surface area contributed by atoms with E-state index < -0.39 is 16.0 Å². The van der Waals surface area contributed by atoms with Crippen LogP contribution < -0.4 is 4.31 Å². The first-order valence-corrected chi connectivity index (χ1v) is 7.55. The smallest absolute Gasteiger partial charge is 0.325 e. The molecule has 0 aliphatic rings. The van der Waals surface area contributed by atoms with Gasteiger partial charge in [-0.05, 0) is 18.6 Å². The van der Waals surface area contributed by atoms with Gasteiger partial charge in [0.15, 0.2) is 0 Å². The van der Waals surface area contributed by atoms with E-state index in [-0.39, 0.29) is 11.4 Å². The molecule has 0 saturated carbocycles. The third-order valence-corrected chi connectivity index (χ3v) is 4.74. The van der Waals surface area contributed by atoms with Crippen LogP contribution in [-0.4, -0.2) is 36.3 Å². The van der Waals surface area contributed by atoms with E-state index >= 15 is 0 Å². The lowest BCUT2D eigenvalue weighted by atomic mass is 10.2. The van der Waals surface area contributed by atoms with E-state index in [0.29, 0.717) is 5.69 Å². The van der Waals surface area contributed by atoms with Crippen LogP contribution in [0.15, 0.2) is 41.6 Å². The van der Waals surface area contributed by atoms with E-state index in [2.05, 4.69) is 5.10 Å². The van der Waals surface area contributed by atoms with Crippen LogP contribution in [0.3, 0.4) is 0 Å². The van der Waals surface area contributed by atoms with Crippen molar-refractivity contribution in [1.82, 2.24) is 9.78 Å². The van der Waals surface area contributed by atoms with Gasteiger partial charge >= 0.3 is 5.97 Å². The lowest BCUT2D eigenvalue weighted by molar-refractivity contribution is -0.137. The Morgan fingerprint density at radius 1 is 1.38 bits per heavy atom. The summed E-state index contributed by atoms with van der Waals surface area (Å²) in [6, 6.07) is 7.09. The fraction of sp³-hybridized carbons (Fsp3) is 0.231. The van der Waals surface area contributed by atoms with Crippen molar-refractivity contribution in [3.63, 3.8) is 0 Å². The number of carbonyl (C=O) groups is 1. The van der Waals surface area contributed by atoms with Gasteiger partial charge in [-0.15, -0.1) is 0 Å². The fourth-order valence-electron chi connectivity index (χ4n) is 1.91. The number of benzene rings is 1. The summed E-state index contributed by atoms with van der Waals surface area (Å²) in [5.41, 5.74) is 1.38. The van der Waals surface area contributed by atoms with E-state index in [0.717, 1.165) is 20.7 Å². The molecule has 0 saturated heterocycles. The third kappa shape index (κ3) is 3.05. The number of carboxylic acids is 1. The molecule has 0 radical (unpaired) electrons. The summed E-state index contributed by atoms with van der Waals surface area (Å²) in [5, 5.41) is 12.4. The minimum atomic E-state index is -3.77. The van der Waals surface area contributed by atoms with Crippen molar-refractivity contribution in [3.05, 3.63) is 42.2 Å². The molecule has 1 heterocycles. The van der Waals surface area contributed by atoms with E-state index in [1.807, 2.05) is 19.1 Å². The lowest BCUT2D eigenvalue weighted by Crippen LogP contribution is -2.26. The second-order valence-electron chi connectivity index (χ2n) is 4.53. The minimum absolute atomic E-state index is 0.0468. The topological polar surface area (TPSA) is 92.5 Å². The lowest BCUT2D eigenvalue weighted by Gasteiger charge is -2.20. The molecule has 8 heteroatoms. The summed E-state index contributed by atoms with van der Waals surface area (Å²) in [6.07, 6.45) is 2.35. The van der Waals surface area contributed by atoms with Gasteiger partial charge in [-0.1, -0.05) is 18.2 Å². The largest absolute Gasteiger partial charge is 0.480 e. The molecule has 0 atom stereocenters. The highest BCUT2D eigenvalue weighted by Crippen LogP contribution is 2.24. The van der Waals surface area contributed by atoms with Gasteiger partial charge in [0.1, 0.15) is 11.4 Å². The molecule has 7 nitrogen and oxygen atoms in total. The van der Waals surface area contributed by atoms with E-state index in [9.17, 15) is 13.2 Å². The van der Waals surface area contributed by atoms with Gasteiger partial charge in [0.25, 0.3) is 10.0 Å². The summed E-state index contributed by atoms with van der Waals surface area (Å²) in [6.45, 7) is 1.43. The maximum absolute atomic E-state index is 12.5. The summed E-state index contributed by atoms with van der Waals surface area (Å²) >= 11 is 0. The Morgan fingerprint density at radius 2 is 2.05 bits per heavy atom. The Morgan fingerprint density at radius 3 is 2.67 bits per heavy atom. The molecule has 0 bridgehead atoms. The standard InChI is InChI=1S/C13H15N3O4S/c1-10-5-3-4-6-12(10)15(2)21(19,20)11-7-14-16(8-11)9-13(17)18/h3-8H,9H2,1-2H3,(H,17,18). The average molecular weight is 309 g/mol. The normalized spacial score (nSPS) is 11.3. The molecule has 0 aliphatic carbocycles. The number of hydrogen-bond acceptors (Lipinski definition) is 4. The first-order chi connectivity index (χ1) is 9.82. The second kappa shape index (κ2) is 5.57. The molecule has 21 heavy (non-hydrogen) atoms. The van der Waals surface area contributed by atoms with Gasteiger partial charge < -0.3 is 5.11 Å². The van der Waals surface area contributed by atoms with Crippen molar-refractivity contribution >= 4 is 21.7 Å². The molecule has 0 fully saturated rings. The third-order valence-electron chi connectivity index (χ3n) is 3.02. The van der Waals surface area contributed by atoms with Crippen LogP contribution >= 0.6 is 0 Å². The number of hydrogen-bond donors (Lipinski definition) is 1. The number of rotatable bonds is 5. The number of nitrogens with zero attached hydrogens (tertiary/aromatic N) is 3. The predicted molar refractivity (Wildman–Crippen MR) is 76.6 cm³/mol. The Kier molecular flexibility index (Phi) is 3.99. The fourth-order valence-corrected chi connectivity index (χ4v) is 3.12. The van der Waals surface area contributed by atoms with Crippen molar-refractivity contribution < 1.29 is 18.3 Å². The first kappa shape index (κ1) is 15.0. The van der Waals surface area contributed by atoms with Gasteiger partial charge in [-0.3, -0.25) is 13.8 Å². The van der Waals surface area contributed by atoms with Crippen LogP contribution in [0.25, 0.3) is 0 Å². The van der Waals surface area contributed by atoms with Crippen LogP contribution in [0.5, 0.6) is 0 Å². The van der Waals surface area contributed by atoms with Crippen molar-refractivity contribution in [2.75, 3.05) is 11.4 Å². The molecule has 0 aliphatic heterocycles. The van der Waals surface area contributed by atoms with Crippen LogP contribution in [0.1, 0.15) is 5.56 Å². The van der Waals surface area contributed by atoms with Crippen molar-refractivity contribution in [2.24, 2.45) is 0 Å². The molecule has 0 unspecified atom stereocenters. The number of sulfonamides is 1. The maximum atomic E-state index is 12.5. The molecule has 2 aromatic rings. The maximum Gasteiger partial charge on any atom is 0.325 e. The van der Waals surface area contributed by atoms with Gasteiger partial charge in [0.2, 0.25) is 0 Å². The highest BCUT2D eigenvalue weighted by Gasteiger charge is 2.24. The number of anilines is 1. The summed E-state index contributed by atoms with van der Waals surface area (Å²) < 4.78 is 27.2. The molecule has 0 spiro atoms. The zero-order chi connectivity index (χ0) is 15.6. The Bertz CT molecular complexity index is 767. The van der Waals surface area contributed by atoms with Crippen molar-refractivity contribution in [1.29, 1.82) is 0 Å². The molecule has 2 rings (SSSR count). The first-order valence-electron chi connectivity index (χ1n) is 6.11. The van der Waals surface area contributed by atoms with Crippen LogP contribution in [0, 0.1) is 6.92 Å². The predicted octanol–water partition coefficient (Wildman–Crippen LogP) is 1.10. The molecule has 1 N–H and O–H groups in total. The Labute approximate surface area is 122 Å². The van der Waals surface area contributed by atoms with Gasteiger partial charge in [0.05, 0.1) is 11.9 Å². The highest BCUT2D eigenvalue weighted by atomic mass is 32.2. The van der Waals surface area contributed by atoms with Gasteiger partial charge in [0, 0.05) is 13.2 Å². The van der Waals surface area contributed by atoms with Crippen LogP contribution in [0.2, 0.25) is 0 Å². The number of carboxylic acid groups (broad SMARTS) is 1. The van der Waals surface area contributed by atoms with Crippen LogP contribution in [0.4, 0.5) is 5.69 Å². The van der Waals surface area contributed by atoms with Crippen molar-refractivity contribution in [2.45, 2.75) is 18.4 Å². The Balaban J connectivity index is 2.36. The second-order valence-corrected chi connectivity index (χ2v) is 6.50. The minimum Gasteiger partial charge on any atom is -0.480 e. The molecule has 1 aromatic carbocycles. The highest BCUT2D eigenvalue weighted by molar-refractivity contribution is 7.92. The molecule has 1 aromatic heterocycles. The number of aryl methyl sites for hydroxylation is 1.